The second-order valence-corrected chi connectivity index (χ2v) is 19.7. The maximum absolute atomic E-state index is 13.1. The maximum Gasteiger partial charge on any atom is 0.306 e. The van der Waals surface area contributed by atoms with Gasteiger partial charge in [-0.05, 0) is 103 Å². The third-order valence-electron chi connectivity index (χ3n) is 13.0. The second kappa shape index (κ2) is 47.6. The number of hydrogen-bond donors (Lipinski definition) is 7. The fraction of sp³-hybridized carbons (Fsp3) is 0.694. The monoisotopic (exact) mass is 1070 g/mol. The highest BCUT2D eigenvalue weighted by atomic mass is 16.7. The fourth-order valence-corrected chi connectivity index (χ4v) is 8.35. The minimum Gasteiger partial charge on any atom is -0.457 e. The van der Waals surface area contributed by atoms with Crippen LogP contribution >= 0.6 is 0 Å². The van der Waals surface area contributed by atoms with Crippen LogP contribution in [0, 0.1) is 0 Å². The third kappa shape index (κ3) is 33.8. The lowest BCUT2D eigenvalue weighted by Crippen LogP contribution is -2.61. The van der Waals surface area contributed by atoms with Gasteiger partial charge in [-0.25, -0.2) is 0 Å². The van der Waals surface area contributed by atoms with E-state index in [-0.39, 0.29) is 19.6 Å². The van der Waals surface area contributed by atoms with Crippen LogP contribution in [0.5, 0.6) is 0 Å². The van der Waals surface area contributed by atoms with E-state index < -0.39 is 86.7 Å². The number of rotatable bonds is 45. The van der Waals surface area contributed by atoms with Gasteiger partial charge in [-0.3, -0.25) is 4.79 Å². The number of ether oxygens (including phenoxy) is 6. The van der Waals surface area contributed by atoms with Crippen LogP contribution in [0.2, 0.25) is 0 Å². The molecule has 0 amide bonds. The normalized spacial score (nSPS) is 25.3. The van der Waals surface area contributed by atoms with Crippen molar-refractivity contribution in [1.82, 2.24) is 0 Å². The summed E-state index contributed by atoms with van der Waals surface area (Å²) in [5, 5.41) is 72.3. The molecule has 0 radical (unpaired) electrons. The second-order valence-electron chi connectivity index (χ2n) is 19.7. The minimum atomic E-state index is -1.72. The van der Waals surface area contributed by atoms with Gasteiger partial charge >= 0.3 is 5.97 Å². The van der Waals surface area contributed by atoms with E-state index in [9.17, 15) is 40.5 Å². The molecule has 2 rings (SSSR count). The van der Waals surface area contributed by atoms with Crippen LogP contribution in [-0.2, 0) is 33.2 Å². The van der Waals surface area contributed by atoms with Gasteiger partial charge in [0, 0.05) is 13.0 Å². The first-order valence-electron chi connectivity index (χ1n) is 29.0. The molecule has 434 valence electrons. The topological polar surface area (TPSA) is 214 Å². The van der Waals surface area contributed by atoms with Crippen LogP contribution in [0.4, 0.5) is 0 Å². The van der Waals surface area contributed by atoms with E-state index >= 15 is 0 Å². The number of hydrogen-bond acceptors (Lipinski definition) is 14. The fourth-order valence-electron chi connectivity index (χ4n) is 8.35. The van der Waals surface area contributed by atoms with Crippen molar-refractivity contribution in [3.05, 3.63) is 109 Å². The van der Waals surface area contributed by atoms with E-state index in [1.54, 1.807) is 0 Å². The lowest BCUT2D eigenvalue weighted by atomic mass is 9.98. The van der Waals surface area contributed by atoms with E-state index in [0.717, 1.165) is 103 Å². The molecule has 7 N–H and O–H groups in total. The molecule has 0 saturated carbocycles. The highest BCUT2D eigenvalue weighted by Crippen LogP contribution is 2.26. The summed E-state index contributed by atoms with van der Waals surface area (Å²) in [5.41, 5.74) is 0. The Kier molecular flexibility index (Phi) is 43.1. The van der Waals surface area contributed by atoms with Gasteiger partial charge in [-0.15, -0.1) is 0 Å². The van der Waals surface area contributed by atoms with Gasteiger partial charge in [0.25, 0.3) is 0 Å². The molecule has 0 aromatic heterocycles. The average molecular weight is 1070 g/mol. The number of unbranched alkanes of at least 4 members (excludes halogenated alkanes) is 13. The summed E-state index contributed by atoms with van der Waals surface area (Å²) in [6.07, 6.45) is 48.6. The van der Waals surface area contributed by atoms with Gasteiger partial charge in [-0.2, -0.15) is 0 Å². The van der Waals surface area contributed by atoms with Gasteiger partial charge in [0.1, 0.15) is 54.9 Å². The molecule has 0 bridgehead atoms. The predicted molar refractivity (Wildman–Crippen MR) is 302 cm³/mol. The van der Waals surface area contributed by atoms with Crippen molar-refractivity contribution in [2.45, 2.75) is 242 Å². The molecule has 14 nitrogen and oxygen atoms in total. The Labute approximate surface area is 457 Å². The number of carbonyl (C=O) groups excluding carboxylic acids is 1. The SMILES string of the molecule is CC/C=C\C/C=C\C/C=C\C/C=C\C/C=C\C/C=C\C/C=C\CCCCOCC(COC1OC(COC2OC(CO)C(O)C(O)C2O)C(O)C(O)C1O)OC(=O)CCCCCCCCC/C=C\C/C=C\CCCCCC. The molecule has 14 heteroatoms. The lowest BCUT2D eigenvalue weighted by molar-refractivity contribution is -0.332. The smallest absolute Gasteiger partial charge is 0.306 e. The Morgan fingerprint density at radius 2 is 0.855 bits per heavy atom. The zero-order valence-electron chi connectivity index (χ0n) is 46.4. The molecule has 0 aromatic rings. The zero-order chi connectivity index (χ0) is 55.1. The standard InChI is InChI=1S/C62H102O14/c1-3-5-7-9-11-13-15-17-19-21-23-24-25-26-27-28-30-32-34-36-38-40-42-44-46-71-48-51(74-54(64)45-43-41-39-37-35-33-31-29-22-20-18-16-14-12-10-8-6-4-2)49-72-61-60(70)58(68)56(66)53(76-61)50-73-62-59(69)57(67)55(65)52(47-63)75-62/h5,7,11,13-14,16-17,19-20,22-24,26-27,30,32,36,38,51-53,55-63,65-70H,3-4,6,8-10,12,15,18,21,25,28-29,31,33-35,37,39-50H2,1-2H3/b7-5-,13-11-,16-14-,19-17-,22-20-,24-23-,27-26-,32-30-,38-36-. The molecule has 0 aliphatic carbocycles. The van der Waals surface area contributed by atoms with Crippen molar-refractivity contribution < 1.29 is 69.0 Å². The Morgan fingerprint density at radius 1 is 0.447 bits per heavy atom. The highest BCUT2D eigenvalue weighted by Gasteiger charge is 2.47. The summed E-state index contributed by atoms with van der Waals surface area (Å²) < 4.78 is 34.3. The molecule has 11 unspecified atom stereocenters. The Balaban J connectivity index is 1.76. The van der Waals surface area contributed by atoms with E-state index in [4.69, 9.17) is 28.4 Å². The van der Waals surface area contributed by atoms with Gasteiger partial charge < -0.3 is 64.2 Å². The summed E-state index contributed by atoms with van der Waals surface area (Å²) in [5.74, 6) is -0.404. The molecule has 0 aromatic carbocycles. The first kappa shape index (κ1) is 68.8. The van der Waals surface area contributed by atoms with E-state index in [1.165, 1.54) is 44.9 Å². The van der Waals surface area contributed by atoms with Crippen molar-refractivity contribution in [3.8, 4) is 0 Å². The maximum atomic E-state index is 13.1. The van der Waals surface area contributed by atoms with Crippen LogP contribution in [0.15, 0.2) is 109 Å². The largest absolute Gasteiger partial charge is 0.457 e. The van der Waals surface area contributed by atoms with Crippen LogP contribution < -0.4 is 0 Å². The minimum absolute atomic E-state index is 0.0208. The van der Waals surface area contributed by atoms with Crippen molar-refractivity contribution >= 4 is 5.97 Å². The van der Waals surface area contributed by atoms with Crippen molar-refractivity contribution in [2.75, 3.05) is 33.0 Å². The third-order valence-corrected chi connectivity index (χ3v) is 13.0. The Hall–Kier alpha value is -3.35. The number of carbonyl (C=O) groups is 1. The quantitative estimate of drug-likeness (QED) is 0.0172. The summed E-state index contributed by atoms with van der Waals surface area (Å²) in [6.45, 7) is 3.41. The zero-order valence-corrected chi connectivity index (χ0v) is 46.4. The molecular formula is C62H102O14. The molecule has 0 spiro atoms. The van der Waals surface area contributed by atoms with Crippen molar-refractivity contribution in [1.29, 1.82) is 0 Å². The Morgan fingerprint density at radius 3 is 1.34 bits per heavy atom. The van der Waals surface area contributed by atoms with Crippen molar-refractivity contribution in [3.63, 3.8) is 0 Å². The van der Waals surface area contributed by atoms with Gasteiger partial charge in [0.15, 0.2) is 12.6 Å². The van der Waals surface area contributed by atoms with Gasteiger partial charge in [0.2, 0.25) is 0 Å². The summed E-state index contributed by atoms with van der Waals surface area (Å²) in [6, 6.07) is 0. The van der Waals surface area contributed by atoms with Gasteiger partial charge in [-0.1, -0.05) is 175 Å². The first-order valence-corrected chi connectivity index (χ1v) is 29.0. The Bertz CT molecular complexity index is 1670. The van der Waals surface area contributed by atoms with Crippen molar-refractivity contribution in [2.24, 2.45) is 0 Å². The summed E-state index contributed by atoms with van der Waals surface area (Å²) in [4.78, 5) is 13.1. The summed E-state index contributed by atoms with van der Waals surface area (Å²) >= 11 is 0. The van der Waals surface area contributed by atoms with E-state index in [1.807, 2.05) is 0 Å². The highest BCUT2D eigenvalue weighted by molar-refractivity contribution is 5.69. The van der Waals surface area contributed by atoms with Gasteiger partial charge in [0.05, 0.1) is 26.4 Å². The predicted octanol–water partition coefficient (Wildman–Crippen LogP) is 10.4. The molecule has 2 fully saturated rings. The number of aliphatic hydroxyl groups is 7. The molecule has 2 saturated heterocycles. The molecule has 2 aliphatic rings. The van der Waals surface area contributed by atoms with Crippen LogP contribution in [0.1, 0.15) is 174 Å². The average Bonchev–Trinajstić information content (AvgIpc) is 3.42. The summed E-state index contributed by atoms with van der Waals surface area (Å²) in [7, 11) is 0. The molecule has 11 atom stereocenters. The molecule has 76 heavy (non-hydrogen) atoms. The number of esters is 1. The molecular weight excluding hydrogens is 969 g/mol. The number of allylic oxidation sites excluding steroid dienone is 18. The first-order chi connectivity index (χ1) is 37.1. The van der Waals surface area contributed by atoms with Crippen LogP contribution in [0.25, 0.3) is 0 Å². The lowest BCUT2D eigenvalue weighted by Gasteiger charge is -2.42. The van der Waals surface area contributed by atoms with Crippen LogP contribution in [-0.4, -0.2) is 142 Å². The van der Waals surface area contributed by atoms with Crippen LogP contribution in [0.3, 0.4) is 0 Å². The molecule has 2 heterocycles. The van der Waals surface area contributed by atoms with E-state index in [0.29, 0.717) is 13.0 Å². The van der Waals surface area contributed by atoms with E-state index in [2.05, 4.69) is 123 Å². The number of aliphatic hydroxyl groups excluding tert-OH is 7. The molecule has 2 aliphatic heterocycles.